The van der Waals surface area contributed by atoms with E-state index in [0.717, 1.165) is 55.9 Å². The maximum Gasteiger partial charge on any atom is 0.252 e. The van der Waals surface area contributed by atoms with Crippen LogP contribution in [0.4, 0.5) is 16.2 Å². The summed E-state index contributed by atoms with van der Waals surface area (Å²) < 4.78 is 13.5. The van der Waals surface area contributed by atoms with Crippen molar-refractivity contribution in [2.24, 2.45) is 0 Å². The Balaban J connectivity index is 1.37. The highest BCUT2D eigenvalue weighted by Gasteiger charge is 2.27. The minimum Gasteiger partial charge on any atom is -0.352 e. The van der Waals surface area contributed by atoms with Gasteiger partial charge in [-0.2, -0.15) is 0 Å². The number of piperazine rings is 1. The van der Waals surface area contributed by atoms with E-state index in [-0.39, 0.29) is 11.4 Å². The van der Waals surface area contributed by atoms with E-state index < -0.39 is 0 Å². The van der Waals surface area contributed by atoms with Crippen molar-refractivity contribution in [3.05, 3.63) is 52.5 Å². The first-order valence-electron chi connectivity index (χ1n) is 9.19. The molecule has 0 spiro atoms. The fraction of sp³-hybridized carbons (Fsp3) is 0.368. The molecule has 1 saturated carbocycles. The molecule has 1 saturated heterocycles. The number of nitrogens with one attached hydrogen (secondary N) is 1. The molecule has 1 aliphatic carbocycles. The van der Waals surface area contributed by atoms with E-state index in [2.05, 4.69) is 29.7 Å². The Hall–Kier alpha value is -3.03. The van der Waals surface area contributed by atoms with Crippen LogP contribution in [-0.2, 0) is 0 Å². The number of rotatable bonds is 3. The molecule has 5 rings (SSSR count). The molecule has 2 fully saturated rings. The Morgan fingerprint density at radius 1 is 1.04 bits per heavy atom. The Morgan fingerprint density at radius 3 is 2.59 bits per heavy atom. The van der Waals surface area contributed by atoms with Gasteiger partial charge in [-0.05, 0) is 25.0 Å². The first-order chi connectivity index (χ1) is 13.2. The van der Waals surface area contributed by atoms with Gasteiger partial charge >= 0.3 is 0 Å². The van der Waals surface area contributed by atoms with Gasteiger partial charge in [-0.3, -0.25) is 9.78 Å². The molecule has 138 valence electrons. The summed E-state index contributed by atoms with van der Waals surface area (Å²) in [7, 11) is 0. The lowest BCUT2D eigenvalue weighted by molar-refractivity contribution is 0.627. The highest BCUT2D eigenvalue weighted by Crippen LogP contribution is 2.38. The molecule has 8 heteroatoms. The summed E-state index contributed by atoms with van der Waals surface area (Å²) in [5.74, 6) is 1.61. The molecular weight excluding hydrogens is 347 g/mol. The van der Waals surface area contributed by atoms with Crippen molar-refractivity contribution in [1.29, 1.82) is 0 Å². The first kappa shape index (κ1) is 16.2. The van der Waals surface area contributed by atoms with Gasteiger partial charge in [0, 0.05) is 49.6 Å². The van der Waals surface area contributed by atoms with Gasteiger partial charge in [0.25, 0.3) is 5.56 Å². The minimum atomic E-state index is -0.303. The highest BCUT2D eigenvalue weighted by molar-refractivity contribution is 5.89. The topological polar surface area (TPSA) is 78.0 Å². The Labute approximate surface area is 154 Å². The number of aromatic amines is 1. The van der Waals surface area contributed by atoms with E-state index in [1.807, 2.05) is 0 Å². The Kier molecular flexibility index (Phi) is 3.77. The number of hydrogen-bond acceptors (Lipinski definition) is 6. The Bertz CT molecular complexity index is 1060. The molecule has 0 unspecified atom stereocenters. The summed E-state index contributed by atoms with van der Waals surface area (Å²) >= 11 is 0. The van der Waals surface area contributed by atoms with Crippen LogP contribution in [0.3, 0.4) is 0 Å². The zero-order valence-corrected chi connectivity index (χ0v) is 14.7. The predicted molar refractivity (Wildman–Crippen MR) is 101 cm³/mol. The van der Waals surface area contributed by atoms with Crippen LogP contribution in [-0.4, -0.2) is 46.1 Å². The molecule has 1 aliphatic heterocycles. The molecule has 0 amide bonds. The summed E-state index contributed by atoms with van der Waals surface area (Å²) in [5.41, 5.74) is 1.42. The highest BCUT2D eigenvalue weighted by atomic mass is 19.1. The molecule has 7 nitrogen and oxygen atoms in total. The van der Waals surface area contributed by atoms with E-state index in [4.69, 9.17) is 0 Å². The summed E-state index contributed by atoms with van der Waals surface area (Å²) in [6, 6.07) is 6.20. The lowest BCUT2D eigenvalue weighted by Crippen LogP contribution is -2.47. The van der Waals surface area contributed by atoms with Crippen LogP contribution in [0.1, 0.15) is 24.5 Å². The largest absolute Gasteiger partial charge is 0.352 e. The lowest BCUT2D eigenvalue weighted by Gasteiger charge is -2.36. The van der Waals surface area contributed by atoms with Crippen molar-refractivity contribution in [3.63, 3.8) is 0 Å². The normalized spacial score (nSPS) is 17.5. The van der Waals surface area contributed by atoms with E-state index in [1.54, 1.807) is 12.1 Å². The van der Waals surface area contributed by atoms with Crippen molar-refractivity contribution in [1.82, 2.24) is 19.9 Å². The molecular formula is C19H19FN6O. The third kappa shape index (κ3) is 3.11. The van der Waals surface area contributed by atoms with E-state index in [1.165, 1.54) is 18.5 Å². The van der Waals surface area contributed by atoms with E-state index in [0.29, 0.717) is 17.4 Å². The average molecular weight is 366 g/mol. The van der Waals surface area contributed by atoms with Gasteiger partial charge in [-0.25, -0.2) is 19.3 Å². The van der Waals surface area contributed by atoms with Gasteiger partial charge in [-0.15, -0.1) is 0 Å². The zero-order chi connectivity index (χ0) is 18.4. The second-order valence-electron chi connectivity index (χ2n) is 7.10. The van der Waals surface area contributed by atoms with Crippen LogP contribution >= 0.6 is 0 Å². The van der Waals surface area contributed by atoms with E-state index >= 15 is 0 Å². The third-order valence-corrected chi connectivity index (χ3v) is 5.20. The number of aromatic nitrogens is 4. The molecule has 0 atom stereocenters. The molecule has 3 heterocycles. The first-order valence-corrected chi connectivity index (χ1v) is 9.19. The average Bonchev–Trinajstić information content (AvgIpc) is 3.52. The quantitative estimate of drug-likeness (QED) is 0.765. The summed E-state index contributed by atoms with van der Waals surface area (Å²) in [6.07, 6.45) is 3.71. The molecule has 27 heavy (non-hydrogen) atoms. The Morgan fingerprint density at radius 2 is 1.81 bits per heavy atom. The van der Waals surface area contributed by atoms with Crippen molar-refractivity contribution in [2.45, 2.75) is 18.8 Å². The molecule has 2 aliphatic rings. The fourth-order valence-electron chi connectivity index (χ4n) is 3.60. The second-order valence-corrected chi connectivity index (χ2v) is 7.10. The number of halogens is 1. The number of H-pyrrole nitrogens is 1. The summed E-state index contributed by atoms with van der Waals surface area (Å²) in [4.78, 5) is 32.3. The van der Waals surface area contributed by atoms with Crippen molar-refractivity contribution in [2.75, 3.05) is 36.0 Å². The number of hydrogen-bond donors (Lipinski definition) is 1. The van der Waals surface area contributed by atoms with Crippen LogP contribution in [0.5, 0.6) is 0 Å². The maximum atomic E-state index is 13.5. The van der Waals surface area contributed by atoms with Gasteiger partial charge < -0.3 is 9.80 Å². The predicted octanol–water partition coefficient (Wildman–Crippen LogP) is 2.06. The molecule has 3 aromatic rings. The van der Waals surface area contributed by atoms with Crippen molar-refractivity contribution in [3.8, 4) is 0 Å². The van der Waals surface area contributed by atoms with Crippen molar-refractivity contribution >= 4 is 22.7 Å². The molecule has 1 N–H and O–H groups in total. The third-order valence-electron chi connectivity index (χ3n) is 5.20. The molecule has 0 bridgehead atoms. The van der Waals surface area contributed by atoms with Gasteiger partial charge in [0.1, 0.15) is 18.0 Å². The fourth-order valence-corrected chi connectivity index (χ4v) is 3.60. The summed E-state index contributed by atoms with van der Waals surface area (Å²) in [6.45, 7) is 2.93. The van der Waals surface area contributed by atoms with Crippen LogP contribution in [0, 0.1) is 5.82 Å². The summed E-state index contributed by atoms with van der Waals surface area (Å²) in [5, 5.41) is 0.842. The monoisotopic (exact) mass is 366 g/mol. The number of anilines is 2. The smallest absolute Gasteiger partial charge is 0.252 e. The number of fused-ring (bicyclic) bond motifs is 1. The standard InChI is InChI=1S/C19H19FN6O/c20-13-3-4-14-16(9-13)21-11-22-18(14)25-5-7-26(8-6-25)19-23-15(12-1-2-12)10-17(27)24-19/h3-4,9-12H,1-2,5-8H2,(H,23,24,27). The van der Waals surface area contributed by atoms with Crippen LogP contribution in [0.2, 0.25) is 0 Å². The van der Waals surface area contributed by atoms with Gasteiger partial charge in [0.15, 0.2) is 0 Å². The zero-order valence-electron chi connectivity index (χ0n) is 14.7. The van der Waals surface area contributed by atoms with Gasteiger partial charge in [-0.1, -0.05) is 0 Å². The molecule has 0 radical (unpaired) electrons. The van der Waals surface area contributed by atoms with Crippen LogP contribution < -0.4 is 15.4 Å². The van der Waals surface area contributed by atoms with Gasteiger partial charge in [0.2, 0.25) is 5.95 Å². The molecule has 1 aromatic carbocycles. The molecule has 2 aromatic heterocycles. The van der Waals surface area contributed by atoms with Gasteiger partial charge in [0.05, 0.1) is 11.2 Å². The van der Waals surface area contributed by atoms with Crippen LogP contribution in [0.25, 0.3) is 10.9 Å². The van der Waals surface area contributed by atoms with Crippen LogP contribution in [0.15, 0.2) is 35.4 Å². The lowest BCUT2D eigenvalue weighted by atomic mass is 10.2. The number of nitrogens with zero attached hydrogens (tertiary/aromatic N) is 5. The maximum absolute atomic E-state index is 13.5. The minimum absolute atomic E-state index is 0.0897. The van der Waals surface area contributed by atoms with Crippen molar-refractivity contribution < 1.29 is 4.39 Å². The second kappa shape index (κ2) is 6.29. The SMILES string of the molecule is O=c1cc(C2CC2)nc(N2CCN(c3ncnc4cc(F)ccc34)CC2)[nH]1. The van der Waals surface area contributed by atoms with E-state index in [9.17, 15) is 9.18 Å². The number of benzene rings is 1.